The van der Waals surface area contributed by atoms with Crippen molar-refractivity contribution in [1.82, 2.24) is 20.0 Å². The monoisotopic (exact) mass is 362 g/mol. The van der Waals surface area contributed by atoms with Crippen molar-refractivity contribution in [2.75, 3.05) is 33.3 Å². The largest absolute Gasteiger partial charge is 0.490 e. The van der Waals surface area contributed by atoms with Gasteiger partial charge in [0.15, 0.2) is 0 Å². The summed E-state index contributed by atoms with van der Waals surface area (Å²) < 4.78 is 7.52. The fourth-order valence-corrected chi connectivity index (χ4v) is 3.40. The molecular formula is C18H23ClN4O2. The molecule has 1 saturated heterocycles. The number of nitrogens with zero attached hydrogens (tertiary/aromatic N) is 3. The van der Waals surface area contributed by atoms with Crippen LogP contribution in [0.2, 0.25) is 5.02 Å². The van der Waals surface area contributed by atoms with Gasteiger partial charge in [-0.05, 0) is 44.1 Å². The minimum absolute atomic E-state index is 0.0699. The minimum Gasteiger partial charge on any atom is -0.490 e. The molecule has 3 rings (SSSR count). The lowest BCUT2D eigenvalue weighted by atomic mass is 9.87. The van der Waals surface area contributed by atoms with E-state index >= 15 is 0 Å². The van der Waals surface area contributed by atoms with Crippen LogP contribution in [0.3, 0.4) is 0 Å². The zero-order chi connectivity index (χ0) is 17.7. The number of benzene rings is 1. The summed E-state index contributed by atoms with van der Waals surface area (Å²) in [6.07, 6.45) is 5.04. The first-order valence-electron chi connectivity index (χ1n) is 8.47. The number of para-hydroxylation sites is 1. The summed E-state index contributed by atoms with van der Waals surface area (Å²) in [6.45, 7) is 2.48. The van der Waals surface area contributed by atoms with Gasteiger partial charge in [-0.2, -0.15) is 5.10 Å². The summed E-state index contributed by atoms with van der Waals surface area (Å²) in [6, 6.07) is 9.20. The molecule has 1 aliphatic rings. The number of carbonyl (C=O) groups excluding carboxylic acids is 1. The molecule has 25 heavy (non-hydrogen) atoms. The van der Waals surface area contributed by atoms with Gasteiger partial charge in [-0.15, -0.1) is 0 Å². The summed E-state index contributed by atoms with van der Waals surface area (Å²) in [7, 11) is 1.81. The third kappa shape index (κ3) is 3.80. The van der Waals surface area contributed by atoms with Crippen molar-refractivity contribution < 1.29 is 9.53 Å². The van der Waals surface area contributed by atoms with E-state index in [1.807, 2.05) is 42.2 Å². The Kier molecular flexibility index (Phi) is 5.60. The van der Waals surface area contributed by atoms with Crippen LogP contribution >= 0.6 is 11.6 Å². The van der Waals surface area contributed by atoms with Gasteiger partial charge in [0.1, 0.15) is 17.9 Å². The summed E-state index contributed by atoms with van der Waals surface area (Å²) in [5, 5.41) is 8.23. The second kappa shape index (κ2) is 7.89. The molecule has 0 bridgehead atoms. The van der Waals surface area contributed by atoms with Gasteiger partial charge in [-0.3, -0.25) is 9.48 Å². The summed E-state index contributed by atoms with van der Waals surface area (Å²) in [5.74, 6) is 0.703. The Hall–Kier alpha value is -2.05. The van der Waals surface area contributed by atoms with Crippen LogP contribution in [0.25, 0.3) is 0 Å². The highest BCUT2D eigenvalue weighted by Gasteiger charge is 2.43. The van der Waals surface area contributed by atoms with Crippen molar-refractivity contribution in [3.63, 3.8) is 0 Å². The predicted octanol–water partition coefficient (Wildman–Crippen LogP) is 2.15. The van der Waals surface area contributed by atoms with E-state index in [4.69, 9.17) is 16.3 Å². The van der Waals surface area contributed by atoms with Crippen molar-refractivity contribution >= 4 is 17.5 Å². The highest BCUT2D eigenvalue weighted by atomic mass is 35.5. The van der Waals surface area contributed by atoms with Gasteiger partial charge in [0.05, 0.1) is 11.6 Å². The molecule has 7 heteroatoms. The highest BCUT2D eigenvalue weighted by Crippen LogP contribution is 2.29. The molecular weight excluding hydrogens is 340 g/mol. The molecule has 6 nitrogen and oxygen atoms in total. The van der Waals surface area contributed by atoms with Crippen LogP contribution in [0.5, 0.6) is 5.75 Å². The van der Waals surface area contributed by atoms with E-state index < -0.39 is 5.54 Å². The maximum absolute atomic E-state index is 13.2. The van der Waals surface area contributed by atoms with Gasteiger partial charge >= 0.3 is 0 Å². The molecule has 1 aromatic heterocycles. The number of piperidine rings is 1. The quantitative estimate of drug-likeness (QED) is 0.855. The molecule has 2 aromatic rings. The molecule has 1 amide bonds. The number of nitrogens with one attached hydrogen (secondary N) is 1. The molecule has 1 aromatic carbocycles. The van der Waals surface area contributed by atoms with E-state index in [-0.39, 0.29) is 5.91 Å². The van der Waals surface area contributed by atoms with Crippen molar-refractivity contribution in [3.8, 4) is 5.75 Å². The number of halogens is 1. The number of ether oxygens (including phenoxy) is 1. The number of hydrogen-bond donors (Lipinski definition) is 1. The van der Waals surface area contributed by atoms with E-state index in [0.29, 0.717) is 23.9 Å². The van der Waals surface area contributed by atoms with E-state index in [2.05, 4.69) is 10.4 Å². The number of rotatable bonds is 6. The maximum atomic E-state index is 13.2. The van der Waals surface area contributed by atoms with Crippen LogP contribution in [0.1, 0.15) is 12.8 Å². The molecule has 134 valence electrons. The molecule has 0 saturated carbocycles. The van der Waals surface area contributed by atoms with Crippen LogP contribution in [-0.2, 0) is 10.3 Å². The average Bonchev–Trinajstić information content (AvgIpc) is 3.18. The number of hydrogen-bond acceptors (Lipinski definition) is 4. The topological polar surface area (TPSA) is 59.4 Å². The number of likely N-dealkylation sites (N-methyl/N-ethyl adjacent to an activating group) is 1. The standard InChI is InChI=1S/C18H23ClN4O2/c1-22(13-14-25-16-6-3-2-5-15(16)19)17(24)18(7-10-20-11-8-18)23-12-4-9-21-23/h2-6,9,12,20H,7-8,10-11,13-14H2,1H3. The third-order valence-electron chi connectivity index (χ3n) is 4.64. The molecule has 0 atom stereocenters. The molecule has 1 fully saturated rings. The van der Waals surface area contributed by atoms with Crippen molar-refractivity contribution in [3.05, 3.63) is 47.7 Å². The fourth-order valence-electron chi connectivity index (χ4n) is 3.21. The van der Waals surface area contributed by atoms with Crippen LogP contribution in [0.4, 0.5) is 0 Å². The first-order valence-corrected chi connectivity index (χ1v) is 8.85. The zero-order valence-corrected chi connectivity index (χ0v) is 15.1. The molecule has 2 heterocycles. The van der Waals surface area contributed by atoms with Gasteiger partial charge in [-0.25, -0.2) is 0 Å². The summed E-state index contributed by atoms with van der Waals surface area (Å²) in [4.78, 5) is 14.9. The van der Waals surface area contributed by atoms with Crippen LogP contribution in [0.15, 0.2) is 42.7 Å². The lowest BCUT2D eigenvalue weighted by molar-refractivity contribution is -0.142. The fraction of sp³-hybridized carbons (Fsp3) is 0.444. The van der Waals surface area contributed by atoms with E-state index in [1.54, 1.807) is 17.2 Å². The minimum atomic E-state index is -0.617. The summed E-state index contributed by atoms with van der Waals surface area (Å²) in [5.41, 5.74) is -0.617. The lowest BCUT2D eigenvalue weighted by Crippen LogP contribution is -2.55. The van der Waals surface area contributed by atoms with Gasteiger partial charge in [0.25, 0.3) is 5.91 Å². The molecule has 0 radical (unpaired) electrons. The van der Waals surface area contributed by atoms with Crippen molar-refractivity contribution in [2.24, 2.45) is 0 Å². The Morgan fingerprint density at radius 3 is 2.80 bits per heavy atom. The van der Waals surface area contributed by atoms with Crippen molar-refractivity contribution in [1.29, 1.82) is 0 Å². The summed E-state index contributed by atoms with van der Waals surface area (Å²) >= 11 is 6.09. The van der Waals surface area contributed by atoms with Crippen LogP contribution in [-0.4, -0.2) is 53.9 Å². The Bertz CT molecular complexity index is 699. The van der Waals surface area contributed by atoms with Crippen molar-refractivity contribution in [2.45, 2.75) is 18.4 Å². The Morgan fingerprint density at radius 2 is 2.12 bits per heavy atom. The first-order chi connectivity index (χ1) is 12.1. The van der Waals surface area contributed by atoms with Gasteiger partial charge < -0.3 is 15.0 Å². The molecule has 1 N–H and O–H groups in total. The number of aromatic nitrogens is 2. The van der Waals surface area contributed by atoms with E-state index in [0.717, 1.165) is 25.9 Å². The maximum Gasteiger partial charge on any atom is 0.250 e. The normalized spacial score (nSPS) is 16.4. The average molecular weight is 363 g/mol. The van der Waals surface area contributed by atoms with Gasteiger partial charge in [-0.1, -0.05) is 23.7 Å². The molecule has 0 aliphatic carbocycles. The number of amides is 1. The second-order valence-electron chi connectivity index (χ2n) is 6.24. The zero-order valence-electron chi connectivity index (χ0n) is 14.3. The Morgan fingerprint density at radius 1 is 1.36 bits per heavy atom. The smallest absolute Gasteiger partial charge is 0.250 e. The van der Waals surface area contributed by atoms with Crippen LogP contribution < -0.4 is 10.1 Å². The highest BCUT2D eigenvalue weighted by molar-refractivity contribution is 6.32. The third-order valence-corrected chi connectivity index (χ3v) is 4.95. The molecule has 1 aliphatic heterocycles. The lowest BCUT2D eigenvalue weighted by Gasteiger charge is -2.39. The van der Waals surface area contributed by atoms with E-state index in [1.165, 1.54) is 0 Å². The van der Waals surface area contributed by atoms with E-state index in [9.17, 15) is 4.79 Å². The Labute approximate surface area is 152 Å². The molecule has 0 spiro atoms. The number of carbonyl (C=O) groups is 1. The van der Waals surface area contributed by atoms with Gasteiger partial charge in [0, 0.05) is 19.4 Å². The molecule has 0 unspecified atom stereocenters. The first kappa shape index (κ1) is 17.8. The van der Waals surface area contributed by atoms with Crippen LogP contribution in [0, 0.1) is 0 Å². The SMILES string of the molecule is CN(CCOc1ccccc1Cl)C(=O)C1(n2cccn2)CCNCC1. The van der Waals surface area contributed by atoms with Gasteiger partial charge in [0.2, 0.25) is 0 Å². The predicted molar refractivity (Wildman–Crippen MR) is 96.9 cm³/mol. The Balaban J connectivity index is 1.65. The second-order valence-corrected chi connectivity index (χ2v) is 6.65.